The van der Waals surface area contributed by atoms with Crippen LogP contribution in [-0.2, 0) is 14.9 Å². The summed E-state index contributed by atoms with van der Waals surface area (Å²) in [5.74, 6) is -1.80. The molecule has 0 unspecified atom stereocenters. The number of anilines is 1. The minimum Gasteiger partial charge on any atom is -0.301 e. The highest BCUT2D eigenvalue weighted by Crippen LogP contribution is 2.28. The molecule has 1 aromatic carbocycles. The average molecular weight is 298 g/mol. The molecule has 0 aliphatic carbocycles. The van der Waals surface area contributed by atoms with Crippen molar-refractivity contribution in [3.8, 4) is 10.4 Å². The van der Waals surface area contributed by atoms with Gasteiger partial charge in [0.1, 0.15) is 0 Å². The summed E-state index contributed by atoms with van der Waals surface area (Å²) in [7, 11) is -4.32. The Hall–Kier alpha value is -1.77. The summed E-state index contributed by atoms with van der Waals surface area (Å²) in [4.78, 5) is 16.1. The Morgan fingerprint density at radius 1 is 1.32 bits per heavy atom. The summed E-state index contributed by atoms with van der Waals surface area (Å²) < 4.78 is 29.6. The molecule has 19 heavy (non-hydrogen) atoms. The first kappa shape index (κ1) is 13.7. The van der Waals surface area contributed by atoms with Crippen LogP contribution in [-0.4, -0.2) is 29.6 Å². The smallest absolute Gasteiger partial charge is 0.274 e. The van der Waals surface area contributed by atoms with E-state index in [0.717, 1.165) is 10.4 Å². The minimum absolute atomic E-state index is 0.285. The average Bonchev–Trinajstić information content (AvgIpc) is 2.76. The summed E-state index contributed by atoms with van der Waals surface area (Å²) in [5, 5.41) is 2.60. The van der Waals surface area contributed by atoms with E-state index in [-0.39, 0.29) is 5.13 Å². The van der Waals surface area contributed by atoms with Crippen LogP contribution < -0.4 is 5.32 Å². The van der Waals surface area contributed by atoms with Gasteiger partial charge >= 0.3 is 0 Å². The normalized spacial score (nSPS) is 11.2. The molecule has 1 heterocycles. The zero-order valence-corrected chi connectivity index (χ0v) is 11.2. The van der Waals surface area contributed by atoms with E-state index in [1.54, 1.807) is 6.20 Å². The lowest BCUT2D eigenvalue weighted by molar-refractivity contribution is -0.113. The van der Waals surface area contributed by atoms with Gasteiger partial charge in [0, 0.05) is 6.20 Å². The largest absolute Gasteiger partial charge is 0.301 e. The maximum atomic E-state index is 11.3. The Labute approximate surface area is 113 Å². The van der Waals surface area contributed by atoms with Crippen LogP contribution in [0.15, 0.2) is 36.5 Å². The fourth-order valence-corrected chi connectivity index (χ4v) is 2.63. The Morgan fingerprint density at radius 3 is 2.63 bits per heavy atom. The van der Waals surface area contributed by atoms with Crippen molar-refractivity contribution in [3.05, 3.63) is 36.5 Å². The van der Waals surface area contributed by atoms with Gasteiger partial charge in [-0.3, -0.25) is 9.35 Å². The predicted molar refractivity (Wildman–Crippen MR) is 72.6 cm³/mol. The SMILES string of the molecule is O=C(CS(=O)(=O)O)Nc1ncc(-c2ccccc2)s1. The first-order chi connectivity index (χ1) is 8.94. The first-order valence-electron chi connectivity index (χ1n) is 5.20. The molecule has 0 saturated carbocycles. The van der Waals surface area contributed by atoms with Crippen LogP contribution in [0.2, 0.25) is 0 Å². The van der Waals surface area contributed by atoms with Crippen molar-refractivity contribution in [1.29, 1.82) is 0 Å². The van der Waals surface area contributed by atoms with Gasteiger partial charge in [0.2, 0.25) is 5.91 Å². The molecular formula is C11H10N2O4S2. The standard InChI is InChI=1S/C11H10N2O4S2/c14-10(7-19(15,16)17)13-11-12-6-9(18-11)8-4-2-1-3-5-8/h1-6H,7H2,(H,12,13,14)(H,15,16,17). The van der Waals surface area contributed by atoms with E-state index in [4.69, 9.17) is 4.55 Å². The molecule has 0 atom stereocenters. The Bertz CT molecular complexity index is 680. The number of nitrogens with one attached hydrogen (secondary N) is 1. The molecule has 6 nitrogen and oxygen atoms in total. The zero-order valence-electron chi connectivity index (χ0n) is 9.61. The number of carbonyl (C=O) groups is 1. The monoisotopic (exact) mass is 298 g/mol. The third-order valence-electron chi connectivity index (χ3n) is 2.12. The van der Waals surface area contributed by atoms with Crippen molar-refractivity contribution in [2.75, 3.05) is 11.1 Å². The molecule has 0 aliphatic heterocycles. The molecule has 100 valence electrons. The molecule has 2 rings (SSSR count). The molecule has 1 aromatic heterocycles. The van der Waals surface area contributed by atoms with E-state index in [0.29, 0.717) is 0 Å². The van der Waals surface area contributed by atoms with Gasteiger partial charge < -0.3 is 5.32 Å². The summed E-state index contributed by atoms with van der Waals surface area (Å²) in [6.45, 7) is 0. The van der Waals surface area contributed by atoms with Crippen molar-refractivity contribution >= 4 is 32.5 Å². The van der Waals surface area contributed by atoms with Crippen LogP contribution in [0.25, 0.3) is 10.4 Å². The number of carbonyl (C=O) groups excluding carboxylic acids is 1. The number of rotatable bonds is 4. The van der Waals surface area contributed by atoms with Crippen molar-refractivity contribution in [2.45, 2.75) is 0 Å². The Kier molecular flexibility index (Phi) is 3.93. The van der Waals surface area contributed by atoms with E-state index >= 15 is 0 Å². The van der Waals surface area contributed by atoms with Crippen LogP contribution in [0.1, 0.15) is 0 Å². The second-order valence-electron chi connectivity index (χ2n) is 3.67. The number of thiazole rings is 1. The zero-order chi connectivity index (χ0) is 13.9. The van der Waals surface area contributed by atoms with E-state index in [2.05, 4.69) is 10.3 Å². The van der Waals surface area contributed by atoms with Gasteiger partial charge in [-0.25, -0.2) is 4.98 Å². The van der Waals surface area contributed by atoms with Crippen LogP contribution in [0.5, 0.6) is 0 Å². The summed E-state index contributed by atoms with van der Waals surface area (Å²) in [6.07, 6.45) is 1.59. The molecule has 0 saturated heterocycles. The van der Waals surface area contributed by atoms with E-state index in [1.807, 2.05) is 30.3 Å². The number of amides is 1. The molecule has 0 aliphatic rings. The highest BCUT2D eigenvalue weighted by molar-refractivity contribution is 7.86. The third-order valence-corrected chi connectivity index (χ3v) is 3.71. The van der Waals surface area contributed by atoms with Crippen molar-refractivity contribution in [2.24, 2.45) is 0 Å². The minimum atomic E-state index is -4.32. The fraction of sp³-hybridized carbons (Fsp3) is 0.0909. The number of hydrogen-bond donors (Lipinski definition) is 2. The molecule has 0 bridgehead atoms. The van der Waals surface area contributed by atoms with Crippen LogP contribution in [0.3, 0.4) is 0 Å². The van der Waals surface area contributed by atoms with Gasteiger partial charge in [-0.05, 0) is 5.56 Å². The summed E-state index contributed by atoms with van der Waals surface area (Å²) >= 11 is 1.22. The quantitative estimate of drug-likeness (QED) is 0.836. The molecular weight excluding hydrogens is 288 g/mol. The first-order valence-corrected chi connectivity index (χ1v) is 7.63. The maximum Gasteiger partial charge on any atom is 0.274 e. The second-order valence-corrected chi connectivity index (χ2v) is 6.15. The van der Waals surface area contributed by atoms with Crippen molar-refractivity contribution in [1.82, 2.24) is 4.98 Å². The molecule has 0 spiro atoms. The van der Waals surface area contributed by atoms with Crippen LogP contribution in [0, 0.1) is 0 Å². The number of aromatic nitrogens is 1. The summed E-state index contributed by atoms with van der Waals surface area (Å²) in [6, 6.07) is 9.45. The number of benzene rings is 1. The fourth-order valence-electron chi connectivity index (χ4n) is 1.39. The molecule has 8 heteroatoms. The van der Waals surface area contributed by atoms with E-state index in [9.17, 15) is 13.2 Å². The second kappa shape index (κ2) is 5.47. The van der Waals surface area contributed by atoms with Gasteiger partial charge in [-0.15, -0.1) is 0 Å². The molecule has 0 radical (unpaired) electrons. The van der Waals surface area contributed by atoms with E-state index in [1.165, 1.54) is 11.3 Å². The Balaban J connectivity index is 2.08. The van der Waals surface area contributed by atoms with Crippen LogP contribution in [0.4, 0.5) is 5.13 Å². The molecule has 0 fully saturated rings. The predicted octanol–water partition coefficient (Wildman–Crippen LogP) is 1.64. The number of hydrogen-bond acceptors (Lipinski definition) is 5. The highest BCUT2D eigenvalue weighted by atomic mass is 32.2. The molecule has 2 N–H and O–H groups in total. The van der Waals surface area contributed by atoms with E-state index < -0.39 is 21.8 Å². The maximum absolute atomic E-state index is 11.3. The highest BCUT2D eigenvalue weighted by Gasteiger charge is 2.14. The van der Waals surface area contributed by atoms with Gasteiger partial charge in [0.25, 0.3) is 10.1 Å². The topological polar surface area (TPSA) is 96.4 Å². The van der Waals surface area contributed by atoms with Gasteiger partial charge in [-0.1, -0.05) is 41.7 Å². The van der Waals surface area contributed by atoms with Gasteiger partial charge in [0.05, 0.1) is 4.88 Å². The molecule has 2 aromatic rings. The lowest BCUT2D eigenvalue weighted by atomic mass is 10.2. The van der Waals surface area contributed by atoms with Gasteiger partial charge in [-0.2, -0.15) is 8.42 Å². The lowest BCUT2D eigenvalue weighted by Gasteiger charge is -1.98. The third kappa shape index (κ3) is 4.12. The summed E-state index contributed by atoms with van der Waals surface area (Å²) in [5.41, 5.74) is 0.954. The lowest BCUT2D eigenvalue weighted by Crippen LogP contribution is -2.22. The van der Waals surface area contributed by atoms with Crippen LogP contribution >= 0.6 is 11.3 Å². The van der Waals surface area contributed by atoms with Crippen molar-refractivity contribution < 1.29 is 17.8 Å². The van der Waals surface area contributed by atoms with Crippen molar-refractivity contribution in [3.63, 3.8) is 0 Å². The van der Waals surface area contributed by atoms with Gasteiger partial charge in [0.15, 0.2) is 10.9 Å². The Morgan fingerprint density at radius 2 is 2.00 bits per heavy atom. The molecule has 1 amide bonds. The number of nitrogens with zero attached hydrogens (tertiary/aromatic N) is 1.